The van der Waals surface area contributed by atoms with Gasteiger partial charge in [0.25, 0.3) is 0 Å². The summed E-state index contributed by atoms with van der Waals surface area (Å²) in [7, 11) is 0. The third-order valence-corrected chi connectivity index (χ3v) is 3.00. The molecule has 0 spiro atoms. The molecule has 0 N–H and O–H groups in total. The van der Waals surface area contributed by atoms with Crippen molar-refractivity contribution in [3.05, 3.63) is 12.2 Å². The molecule has 0 aromatic rings. The first-order valence-electron chi connectivity index (χ1n) is 3.94. The first kappa shape index (κ1) is 5.52. The predicted octanol–water partition coefficient (Wildman–Crippen LogP) is 2.41. The molecular formula is C9H13. The number of allylic oxidation sites excluding steroid dienone is 2. The lowest BCUT2D eigenvalue weighted by atomic mass is 9.85. The van der Waals surface area contributed by atoms with E-state index in [1.165, 1.54) is 19.3 Å². The summed E-state index contributed by atoms with van der Waals surface area (Å²) in [6.45, 7) is 2.39. The maximum absolute atomic E-state index is 3.35. The van der Waals surface area contributed by atoms with Gasteiger partial charge in [-0.1, -0.05) is 13.0 Å². The van der Waals surface area contributed by atoms with E-state index < -0.39 is 0 Å². The van der Waals surface area contributed by atoms with Gasteiger partial charge in [0.1, 0.15) is 0 Å². The second-order valence-electron chi connectivity index (χ2n) is 3.44. The van der Waals surface area contributed by atoms with Gasteiger partial charge in [-0.15, -0.1) is 0 Å². The van der Waals surface area contributed by atoms with E-state index in [1.54, 1.807) is 0 Å². The van der Waals surface area contributed by atoms with E-state index in [0.717, 1.165) is 17.8 Å². The van der Waals surface area contributed by atoms with Crippen LogP contribution in [-0.2, 0) is 0 Å². The van der Waals surface area contributed by atoms with Gasteiger partial charge in [-0.05, 0) is 43.1 Å². The Balaban J connectivity index is 2.22. The van der Waals surface area contributed by atoms with Crippen LogP contribution in [0.4, 0.5) is 0 Å². The number of hydrogen-bond acceptors (Lipinski definition) is 0. The Hall–Kier alpha value is -0.260. The lowest BCUT2D eigenvalue weighted by Crippen LogP contribution is -2.12. The molecule has 0 heterocycles. The summed E-state index contributed by atoms with van der Waals surface area (Å²) in [5.41, 5.74) is 0. The molecule has 0 heteroatoms. The van der Waals surface area contributed by atoms with Crippen LogP contribution in [0.15, 0.2) is 6.08 Å². The van der Waals surface area contributed by atoms with Crippen molar-refractivity contribution in [1.82, 2.24) is 0 Å². The minimum absolute atomic E-state index is 0.892. The fraction of sp³-hybridized carbons (Fsp3) is 0.778. The maximum atomic E-state index is 3.35. The SMILES string of the molecule is CC1C2C=[C]CC1CC2. The molecule has 0 amide bonds. The van der Waals surface area contributed by atoms with Crippen LogP contribution in [0.2, 0.25) is 0 Å². The Morgan fingerprint density at radius 3 is 3.00 bits per heavy atom. The highest BCUT2D eigenvalue weighted by Crippen LogP contribution is 2.42. The van der Waals surface area contributed by atoms with Crippen LogP contribution in [0.25, 0.3) is 0 Å². The Morgan fingerprint density at radius 1 is 1.44 bits per heavy atom. The summed E-state index contributed by atoms with van der Waals surface area (Å²) >= 11 is 0. The predicted molar refractivity (Wildman–Crippen MR) is 37.8 cm³/mol. The molecule has 3 unspecified atom stereocenters. The van der Waals surface area contributed by atoms with Crippen molar-refractivity contribution < 1.29 is 0 Å². The largest absolute Gasteiger partial charge is 0.0776 e. The lowest BCUT2D eigenvalue weighted by molar-refractivity contribution is 0.360. The van der Waals surface area contributed by atoms with Crippen LogP contribution in [0.5, 0.6) is 0 Å². The molecule has 2 aliphatic carbocycles. The van der Waals surface area contributed by atoms with Crippen LogP contribution in [-0.4, -0.2) is 0 Å². The van der Waals surface area contributed by atoms with E-state index in [0.29, 0.717) is 0 Å². The van der Waals surface area contributed by atoms with Crippen LogP contribution < -0.4 is 0 Å². The molecule has 2 aliphatic rings. The van der Waals surface area contributed by atoms with Crippen molar-refractivity contribution in [2.24, 2.45) is 17.8 Å². The molecule has 0 aliphatic heterocycles. The first-order valence-corrected chi connectivity index (χ1v) is 3.94. The molecule has 0 aromatic carbocycles. The van der Waals surface area contributed by atoms with Crippen molar-refractivity contribution in [1.29, 1.82) is 0 Å². The van der Waals surface area contributed by atoms with E-state index in [9.17, 15) is 0 Å². The topological polar surface area (TPSA) is 0 Å². The molecule has 1 fully saturated rings. The minimum atomic E-state index is 0.892. The Bertz CT molecular complexity index is 135. The van der Waals surface area contributed by atoms with Crippen molar-refractivity contribution in [2.45, 2.75) is 26.2 Å². The summed E-state index contributed by atoms with van der Waals surface area (Å²) in [4.78, 5) is 0. The second-order valence-corrected chi connectivity index (χ2v) is 3.44. The molecule has 1 saturated carbocycles. The third-order valence-electron chi connectivity index (χ3n) is 3.00. The van der Waals surface area contributed by atoms with Gasteiger partial charge >= 0.3 is 0 Å². The molecule has 0 saturated heterocycles. The van der Waals surface area contributed by atoms with Crippen molar-refractivity contribution >= 4 is 0 Å². The van der Waals surface area contributed by atoms with Crippen molar-refractivity contribution in [3.63, 3.8) is 0 Å². The van der Waals surface area contributed by atoms with Crippen LogP contribution in [0.3, 0.4) is 0 Å². The van der Waals surface area contributed by atoms with Gasteiger partial charge in [0.2, 0.25) is 0 Å². The molecule has 49 valence electrons. The van der Waals surface area contributed by atoms with Gasteiger partial charge in [-0.2, -0.15) is 0 Å². The molecule has 3 atom stereocenters. The maximum Gasteiger partial charge on any atom is -0.0199 e. The average Bonchev–Trinajstić information content (AvgIpc) is 2.19. The van der Waals surface area contributed by atoms with Crippen LogP contribution in [0.1, 0.15) is 26.2 Å². The summed E-state index contributed by atoms with van der Waals surface area (Å²) in [5.74, 6) is 2.84. The highest BCUT2D eigenvalue weighted by Gasteiger charge is 2.32. The van der Waals surface area contributed by atoms with E-state index in [1.807, 2.05) is 0 Å². The van der Waals surface area contributed by atoms with Crippen LogP contribution in [0, 0.1) is 23.8 Å². The van der Waals surface area contributed by atoms with E-state index in [-0.39, 0.29) is 0 Å². The molecule has 0 nitrogen and oxygen atoms in total. The average molecular weight is 121 g/mol. The summed E-state index contributed by atoms with van der Waals surface area (Å²) in [5, 5.41) is 0. The Morgan fingerprint density at radius 2 is 2.33 bits per heavy atom. The molecule has 2 rings (SSSR count). The third kappa shape index (κ3) is 0.726. The highest BCUT2D eigenvalue weighted by atomic mass is 14.4. The molecule has 2 bridgehead atoms. The quantitative estimate of drug-likeness (QED) is 0.461. The number of fused-ring (bicyclic) bond motifs is 2. The fourth-order valence-electron chi connectivity index (χ4n) is 2.18. The van der Waals surface area contributed by atoms with Gasteiger partial charge in [-0.25, -0.2) is 0 Å². The van der Waals surface area contributed by atoms with Crippen molar-refractivity contribution in [2.75, 3.05) is 0 Å². The lowest BCUT2D eigenvalue weighted by Gasteiger charge is -2.20. The smallest absolute Gasteiger partial charge is 0.0199 e. The molecular weight excluding hydrogens is 108 g/mol. The van der Waals surface area contributed by atoms with Gasteiger partial charge in [0.05, 0.1) is 0 Å². The normalized spacial score (nSPS) is 47.9. The Kier molecular flexibility index (Phi) is 1.14. The van der Waals surface area contributed by atoms with E-state index >= 15 is 0 Å². The Labute approximate surface area is 57.0 Å². The number of rotatable bonds is 0. The number of hydrogen-bond donors (Lipinski definition) is 0. The van der Waals surface area contributed by atoms with Gasteiger partial charge in [0.15, 0.2) is 0 Å². The zero-order valence-corrected chi connectivity index (χ0v) is 5.93. The molecule has 0 aromatic heterocycles. The summed E-state index contributed by atoms with van der Waals surface area (Å²) in [6, 6.07) is 0. The molecule has 9 heavy (non-hydrogen) atoms. The second kappa shape index (κ2) is 1.86. The van der Waals surface area contributed by atoms with Crippen LogP contribution >= 0.6 is 0 Å². The minimum Gasteiger partial charge on any atom is -0.0776 e. The fourth-order valence-corrected chi connectivity index (χ4v) is 2.18. The highest BCUT2D eigenvalue weighted by molar-refractivity contribution is 4.99. The zero-order chi connectivity index (χ0) is 6.27. The van der Waals surface area contributed by atoms with Crippen molar-refractivity contribution in [3.8, 4) is 0 Å². The zero-order valence-electron chi connectivity index (χ0n) is 5.93. The first-order chi connectivity index (χ1) is 4.38. The monoisotopic (exact) mass is 121 g/mol. The van der Waals surface area contributed by atoms with Gasteiger partial charge in [0, 0.05) is 0 Å². The van der Waals surface area contributed by atoms with E-state index in [4.69, 9.17) is 0 Å². The summed E-state index contributed by atoms with van der Waals surface area (Å²) in [6.07, 6.45) is 9.77. The van der Waals surface area contributed by atoms with E-state index in [2.05, 4.69) is 19.1 Å². The van der Waals surface area contributed by atoms with Gasteiger partial charge < -0.3 is 0 Å². The van der Waals surface area contributed by atoms with Gasteiger partial charge in [-0.3, -0.25) is 0 Å². The summed E-state index contributed by atoms with van der Waals surface area (Å²) < 4.78 is 0. The molecule has 1 radical (unpaired) electrons. The standard InChI is InChI=1S/C9H13/c1-7-8-3-2-4-9(7)6-5-8/h3,7-9H,4-6H2,1H3.